The quantitative estimate of drug-likeness (QED) is 0.802. The standard InChI is InChI=1S/C21H26N2O4/c1-13-17(14-7-5-4-6-8-14)15-11-21(20(22)25,9-10-26-3)12-16(18(15)27-13)19(24)23-2/h4-8,12-13,17H,9-11H2,1-3H3,(H2,22,25)(H,23,24). The highest BCUT2D eigenvalue weighted by Gasteiger charge is 2.48. The third kappa shape index (κ3) is 3.37. The predicted molar refractivity (Wildman–Crippen MR) is 102 cm³/mol. The summed E-state index contributed by atoms with van der Waals surface area (Å²) in [4.78, 5) is 25.0. The maximum absolute atomic E-state index is 12.6. The summed E-state index contributed by atoms with van der Waals surface area (Å²) >= 11 is 0. The van der Waals surface area contributed by atoms with Gasteiger partial charge in [-0.05, 0) is 30.9 Å². The molecule has 0 saturated carbocycles. The molecule has 0 aromatic heterocycles. The Morgan fingerprint density at radius 3 is 2.63 bits per heavy atom. The van der Waals surface area contributed by atoms with Crippen molar-refractivity contribution >= 4 is 11.8 Å². The van der Waals surface area contributed by atoms with Crippen LogP contribution in [-0.4, -0.2) is 38.7 Å². The van der Waals surface area contributed by atoms with Gasteiger partial charge in [-0.15, -0.1) is 0 Å². The highest BCUT2D eigenvalue weighted by molar-refractivity contribution is 6.00. The lowest BCUT2D eigenvalue weighted by Gasteiger charge is -2.33. The summed E-state index contributed by atoms with van der Waals surface area (Å²) in [6.45, 7) is 2.36. The molecular weight excluding hydrogens is 344 g/mol. The SMILES string of the molecule is CNC(=O)C1=CC(CCOC)(C(N)=O)CC2=C1OC(C)C2c1ccccc1. The van der Waals surface area contributed by atoms with E-state index in [0.717, 1.165) is 11.1 Å². The highest BCUT2D eigenvalue weighted by Crippen LogP contribution is 2.51. The Balaban J connectivity index is 2.12. The zero-order valence-electron chi connectivity index (χ0n) is 16.0. The summed E-state index contributed by atoms with van der Waals surface area (Å²) < 4.78 is 11.3. The van der Waals surface area contributed by atoms with Crippen molar-refractivity contribution < 1.29 is 19.1 Å². The number of nitrogens with one attached hydrogen (secondary N) is 1. The van der Waals surface area contributed by atoms with Crippen LogP contribution in [-0.2, 0) is 19.1 Å². The molecule has 3 N–H and O–H groups in total. The van der Waals surface area contributed by atoms with E-state index < -0.39 is 11.3 Å². The Morgan fingerprint density at radius 1 is 1.33 bits per heavy atom. The molecule has 144 valence electrons. The predicted octanol–water partition coefficient (Wildman–Crippen LogP) is 2.03. The molecule has 2 amide bonds. The molecule has 1 aromatic carbocycles. The smallest absolute Gasteiger partial charge is 0.254 e. The number of likely N-dealkylation sites (N-methyl/N-ethyl adjacent to an activating group) is 1. The Hall–Kier alpha value is -2.60. The summed E-state index contributed by atoms with van der Waals surface area (Å²) in [5.74, 6) is -0.203. The fraction of sp³-hybridized carbons (Fsp3) is 0.429. The van der Waals surface area contributed by atoms with Gasteiger partial charge >= 0.3 is 0 Å². The topological polar surface area (TPSA) is 90.6 Å². The first-order chi connectivity index (χ1) is 12.9. The molecule has 1 aliphatic heterocycles. The highest BCUT2D eigenvalue weighted by atomic mass is 16.5. The van der Waals surface area contributed by atoms with Crippen molar-refractivity contribution in [2.24, 2.45) is 11.1 Å². The van der Waals surface area contributed by atoms with Gasteiger partial charge in [0.1, 0.15) is 11.9 Å². The van der Waals surface area contributed by atoms with Crippen molar-refractivity contribution in [2.45, 2.75) is 31.8 Å². The van der Waals surface area contributed by atoms with Gasteiger partial charge in [0.05, 0.1) is 11.0 Å². The molecular formula is C21H26N2O4. The fourth-order valence-corrected chi connectivity index (χ4v) is 4.08. The van der Waals surface area contributed by atoms with Crippen LogP contribution < -0.4 is 11.1 Å². The second-order valence-electron chi connectivity index (χ2n) is 7.14. The molecule has 0 saturated heterocycles. The second kappa shape index (κ2) is 7.56. The van der Waals surface area contributed by atoms with Crippen LogP contribution in [0.25, 0.3) is 0 Å². The molecule has 3 rings (SSSR count). The van der Waals surface area contributed by atoms with E-state index in [0.29, 0.717) is 30.8 Å². The molecule has 1 aromatic rings. The van der Waals surface area contributed by atoms with E-state index in [4.69, 9.17) is 15.2 Å². The van der Waals surface area contributed by atoms with E-state index in [1.807, 2.05) is 37.3 Å². The third-order valence-electron chi connectivity index (χ3n) is 5.48. The van der Waals surface area contributed by atoms with Gasteiger partial charge in [-0.2, -0.15) is 0 Å². The summed E-state index contributed by atoms with van der Waals surface area (Å²) in [6, 6.07) is 10.00. The van der Waals surface area contributed by atoms with Gasteiger partial charge in [0.15, 0.2) is 0 Å². The number of ether oxygens (including phenoxy) is 2. The largest absolute Gasteiger partial charge is 0.489 e. The van der Waals surface area contributed by atoms with Crippen LogP contribution in [0.1, 0.15) is 31.2 Å². The van der Waals surface area contributed by atoms with Crippen molar-refractivity contribution in [1.29, 1.82) is 0 Å². The van der Waals surface area contributed by atoms with Crippen LogP contribution in [0.3, 0.4) is 0 Å². The number of primary amides is 1. The number of hydrogen-bond donors (Lipinski definition) is 2. The summed E-state index contributed by atoms with van der Waals surface area (Å²) in [7, 11) is 3.14. The van der Waals surface area contributed by atoms with Crippen molar-refractivity contribution in [3.8, 4) is 0 Å². The minimum atomic E-state index is -0.975. The van der Waals surface area contributed by atoms with Crippen molar-refractivity contribution in [1.82, 2.24) is 5.32 Å². The van der Waals surface area contributed by atoms with Crippen LogP contribution in [0.15, 0.2) is 53.3 Å². The summed E-state index contributed by atoms with van der Waals surface area (Å²) in [6.07, 6.45) is 2.36. The van der Waals surface area contributed by atoms with Gasteiger partial charge < -0.3 is 20.5 Å². The van der Waals surface area contributed by atoms with Gasteiger partial charge in [0.25, 0.3) is 5.91 Å². The van der Waals surface area contributed by atoms with E-state index in [9.17, 15) is 9.59 Å². The molecule has 6 nitrogen and oxygen atoms in total. The Bertz CT molecular complexity index is 800. The van der Waals surface area contributed by atoms with Gasteiger partial charge in [-0.25, -0.2) is 0 Å². The van der Waals surface area contributed by atoms with E-state index in [-0.39, 0.29) is 17.9 Å². The zero-order chi connectivity index (χ0) is 19.6. The van der Waals surface area contributed by atoms with Crippen LogP contribution in [0.4, 0.5) is 0 Å². The average molecular weight is 370 g/mol. The molecule has 3 atom stereocenters. The number of carbonyl (C=O) groups excluding carboxylic acids is 2. The summed E-state index contributed by atoms with van der Waals surface area (Å²) in [5, 5.41) is 2.64. The fourth-order valence-electron chi connectivity index (χ4n) is 4.08. The zero-order valence-corrected chi connectivity index (χ0v) is 16.0. The Kier molecular flexibility index (Phi) is 5.37. The van der Waals surface area contributed by atoms with Crippen LogP contribution in [0.5, 0.6) is 0 Å². The lowest BCUT2D eigenvalue weighted by molar-refractivity contribution is -0.126. The molecule has 0 radical (unpaired) electrons. The second-order valence-corrected chi connectivity index (χ2v) is 7.14. The Labute approximate surface area is 159 Å². The third-order valence-corrected chi connectivity index (χ3v) is 5.48. The number of methoxy groups -OCH3 is 1. The first-order valence-electron chi connectivity index (χ1n) is 9.12. The molecule has 0 fully saturated rings. The van der Waals surface area contributed by atoms with Crippen LogP contribution in [0, 0.1) is 5.41 Å². The number of hydrogen-bond acceptors (Lipinski definition) is 4. The van der Waals surface area contributed by atoms with E-state index in [2.05, 4.69) is 5.32 Å². The molecule has 3 unspecified atom stereocenters. The lowest BCUT2D eigenvalue weighted by Crippen LogP contribution is -2.40. The molecule has 27 heavy (non-hydrogen) atoms. The number of carbonyl (C=O) groups is 2. The molecule has 2 aliphatic rings. The first-order valence-corrected chi connectivity index (χ1v) is 9.12. The number of amides is 2. The minimum Gasteiger partial charge on any atom is -0.489 e. The first kappa shape index (κ1) is 19.2. The monoisotopic (exact) mass is 370 g/mol. The van der Waals surface area contributed by atoms with Crippen molar-refractivity contribution in [2.75, 3.05) is 20.8 Å². The van der Waals surface area contributed by atoms with Crippen molar-refractivity contribution in [3.63, 3.8) is 0 Å². The average Bonchev–Trinajstić information content (AvgIpc) is 3.01. The maximum Gasteiger partial charge on any atom is 0.254 e. The minimum absolute atomic E-state index is 0.0316. The molecule has 1 aliphatic carbocycles. The molecule has 6 heteroatoms. The van der Waals surface area contributed by atoms with E-state index >= 15 is 0 Å². The molecule has 1 heterocycles. The van der Waals surface area contributed by atoms with Crippen LogP contribution >= 0.6 is 0 Å². The van der Waals surface area contributed by atoms with E-state index in [1.54, 1.807) is 20.2 Å². The van der Waals surface area contributed by atoms with Crippen molar-refractivity contribution in [3.05, 3.63) is 58.9 Å². The number of benzene rings is 1. The molecule has 0 spiro atoms. The Morgan fingerprint density at radius 2 is 2.04 bits per heavy atom. The van der Waals surface area contributed by atoms with Gasteiger partial charge in [-0.1, -0.05) is 36.4 Å². The van der Waals surface area contributed by atoms with Gasteiger partial charge in [0.2, 0.25) is 5.91 Å². The lowest BCUT2D eigenvalue weighted by atomic mass is 9.69. The maximum atomic E-state index is 12.6. The van der Waals surface area contributed by atoms with Crippen LogP contribution in [0.2, 0.25) is 0 Å². The number of rotatable bonds is 6. The molecule has 0 bridgehead atoms. The van der Waals surface area contributed by atoms with E-state index in [1.165, 1.54) is 0 Å². The van der Waals surface area contributed by atoms with Gasteiger partial charge in [0, 0.05) is 26.7 Å². The van der Waals surface area contributed by atoms with Gasteiger partial charge in [-0.3, -0.25) is 9.59 Å². The normalized spacial score (nSPS) is 26.9. The number of nitrogens with two attached hydrogens (primary N) is 1. The summed E-state index contributed by atoms with van der Waals surface area (Å²) in [5.41, 5.74) is 7.26.